The van der Waals surface area contributed by atoms with Crippen molar-refractivity contribution in [3.05, 3.63) is 40.5 Å². The van der Waals surface area contributed by atoms with Gasteiger partial charge >= 0.3 is 0 Å². The number of aromatic nitrogens is 2. The van der Waals surface area contributed by atoms with Crippen molar-refractivity contribution < 1.29 is 0 Å². The SMILES string of the molecule is CCCNc1ncc(Br)c(Nc2ccc(CC#N)cc2)n1. The fourth-order valence-electron chi connectivity index (χ4n) is 1.71. The molecule has 0 bridgehead atoms. The van der Waals surface area contributed by atoms with Crippen molar-refractivity contribution in [2.75, 3.05) is 17.2 Å². The molecular weight excluding hydrogens is 330 g/mol. The number of halogens is 1. The summed E-state index contributed by atoms with van der Waals surface area (Å²) in [6.07, 6.45) is 3.16. The summed E-state index contributed by atoms with van der Waals surface area (Å²) in [5.41, 5.74) is 1.91. The first-order valence-corrected chi connectivity index (χ1v) is 7.51. The molecule has 6 heteroatoms. The average Bonchev–Trinajstić information content (AvgIpc) is 2.50. The molecule has 1 heterocycles. The molecule has 1 aromatic heterocycles. The normalized spacial score (nSPS) is 9.95. The predicted octanol–water partition coefficient (Wildman–Crippen LogP) is 3.87. The number of rotatable bonds is 6. The molecule has 0 aliphatic rings. The molecule has 2 N–H and O–H groups in total. The summed E-state index contributed by atoms with van der Waals surface area (Å²) in [4.78, 5) is 8.64. The number of nitrogens with one attached hydrogen (secondary N) is 2. The minimum Gasteiger partial charge on any atom is -0.354 e. The lowest BCUT2D eigenvalue weighted by molar-refractivity contribution is 0.952. The zero-order valence-electron chi connectivity index (χ0n) is 11.7. The lowest BCUT2D eigenvalue weighted by atomic mass is 10.1. The van der Waals surface area contributed by atoms with Crippen LogP contribution in [0, 0.1) is 11.3 Å². The Kier molecular flexibility index (Phi) is 5.52. The maximum atomic E-state index is 8.67. The molecule has 5 nitrogen and oxygen atoms in total. The van der Waals surface area contributed by atoms with E-state index in [0.717, 1.165) is 28.7 Å². The number of anilines is 3. The van der Waals surface area contributed by atoms with Gasteiger partial charge in [0.1, 0.15) is 5.82 Å². The van der Waals surface area contributed by atoms with Crippen LogP contribution in [-0.4, -0.2) is 16.5 Å². The number of hydrogen-bond acceptors (Lipinski definition) is 5. The molecule has 0 unspecified atom stereocenters. The van der Waals surface area contributed by atoms with Crippen LogP contribution in [0.3, 0.4) is 0 Å². The van der Waals surface area contributed by atoms with E-state index in [4.69, 9.17) is 5.26 Å². The summed E-state index contributed by atoms with van der Waals surface area (Å²) in [7, 11) is 0. The van der Waals surface area contributed by atoms with Crippen LogP contribution < -0.4 is 10.6 Å². The number of benzene rings is 1. The molecule has 0 aliphatic carbocycles. The van der Waals surface area contributed by atoms with Crippen molar-refractivity contribution in [1.82, 2.24) is 9.97 Å². The molecule has 0 radical (unpaired) electrons. The minimum atomic E-state index is 0.419. The molecule has 0 aliphatic heterocycles. The topological polar surface area (TPSA) is 73.6 Å². The Bertz CT molecular complexity index is 634. The Morgan fingerprint density at radius 1 is 1.29 bits per heavy atom. The highest BCUT2D eigenvalue weighted by Crippen LogP contribution is 2.24. The molecule has 0 saturated heterocycles. The van der Waals surface area contributed by atoms with E-state index in [0.29, 0.717) is 18.2 Å². The van der Waals surface area contributed by atoms with E-state index in [9.17, 15) is 0 Å². The van der Waals surface area contributed by atoms with Gasteiger partial charge < -0.3 is 10.6 Å². The van der Waals surface area contributed by atoms with Crippen LogP contribution >= 0.6 is 15.9 Å². The Morgan fingerprint density at radius 2 is 2.05 bits per heavy atom. The van der Waals surface area contributed by atoms with E-state index in [2.05, 4.69) is 49.5 Å². The van der Waals surface area contributed by atoms with E-state index >= 15 is 0 Å². The first kappa shape index (κ1) is 15.3. The molecule has 21 heavy (non-hydrogen) atoms. The largest absolute Gasteiger partial charge is 0.354 e. The highest BCUT2D eigenvalue weighted by molar-refractivity contribution is 9.10. The quantitative estimate of drug-likeness (QED) is 0.831. The van der Waals surface area contributed by atoms with Crippen LogP contribution in [0.1, 0.15) is 18.9 Å². The number of nitriles is 1. The van der Waals surface area contributed by atoms with Gasteiger partial charge in [0.05, 0.1) is 17.0 Å². The van der Waals surface area contributed by atoms with Gasteiger partial charge in [0.25, 0.3) is 0 Å². The molecule has 2 rings (SSSR count). The maximum Gasteiger partial charge on any atom is 0.224 e. The van der Waals surface area contributed by atoms with Crippen molar-refractivity contribution in [3.63, 3.8) is 0 Å². The summed E-state index contributed by atoms with van der Waals surface area (Å²) in [6.45, 7) is 2.93. The molecule has 2 aromatic rings. The van der Waals surface area contributed by atoms with Crippen molar-refractivity contribution in [3.8, 4) is 6.07 Å². The first-order valence-electron chi connectivity index (χ1n) is 6.72. The standard InChI is InChI=1S/C15H16BrN5/c1-2-9-18-15-19-10-13(16)14(21-15)20-12-5-3-11(4-6-12)7-8-17/h3-6,10H,2,7,9H2,1H3,(H2,18,19,20,21). The first-order chi connectivity index (χ1) is 10.2. The molecular formula is C15H16BrN5. The fourth-order valence-corrected chi connectivity index (χ4v) is 2.00. The third-order valence-electron chi connectivity index (χ3n) is 2.78. The number of hydrogen-bond donors (Lipinski definition) is 2. The Hall–Kier alpha value is -2.13. The van der Waals surface area contributed by atoms with Crippen LogP contribution in [0.2, 0.25) is 0 Å². The summed E-state index contributed by atoms with van der Waals surface area (Å²) in [5.74, 6) is 1.31. The van der Waals surface area contributed by atoms with Gasteiger partial charge in [0.15, 0.2) is 0 Å². The maximum absolute atomic E-state index is 8.67. The summed E-state index contributed by atoms with van der Waals surface area (Å²) in [5, 5.41) is 15.1. The highest BCUT2D eigenvalue weighted by atomic mass is 79.9. The highest BCUT2D eigenvalue weighted by Gasteiger charge is 2.05. The van der Waals surface area contributed by atoms with E-state index in [1.54, 1.807) is 6.20 Å². The van der Waals surface area contributed by atoms with Crippen molar-refractivity contribution in [1.29, 1.82) is 5.26 Å². The third kappa shape index (κ3) is 4.43. The van der Waals surface area contributed by atoms with Gasteiger partial charge in [-0.15, -0.1) is 0 Å². The van der Waals surface area contributed by atoms with Crippen LogP contribution in [0.5, 0.6) is 0 Å². The van der Waals surface area contributed by atoms with Gasteiger partial charge in [-0.3, -0.25) is 0 Å². The van der Waals surface area contributed by atoms with Gasteiger partial charge in [-0.2, -0.15) is 10.2 Å². The van der Waals surface area contributed by atoms with E-state index in [-0.39, 0.29) is 0 Å². The lowest BCUT2D eigenvalue weighted by Gasteiger charge is -2.10. The fraction of sp³-hybridized carbons (Fsp3) is 0.267. The second-order valence-corrected chi connectivity index (χ2v) is 5.33. The van der Waals surface area contributed by atoms with Gasteiger partial charge in [0.2, 0.25) is 5.95 Å². The van der Waals surface area contributed by atoms with Crippen LogP contribution in [0.25, 0.3) is 0 Å². The summed E-state index contributed by atoms with van der Waals surface area (Å²) >= 11 is 3.44. The monoisotopic (exact) mass is 345 g/mol. The van der Waals surface area contributed by atoms with Gasteiger partial charge in [0, 0.05) is 18.4 Å². The van der Waals surface area contributed by atoms with E-state index in [1.807, 2.05) is 24.3 Å². The smallest absolute Gasteiger partial charge is 0.224 e. The lowest BCUT2D eigenvalue weighted by Crippen LogP contribution is -2.06. The molecule has 0 saturated carbocycles. The molecule has 0 fully saturated rings. The second kappa shape index (κ2) is 7.60. The zero-order chi connectivity index (χ0) is 15.1. The molecule has 1 aromatic carbocycles. The van der Waals surface area contributed by atoms with Gasteiger partial charge in [-0.05, 0) is 40.0 Å². The Morgan fingerprint density at radius 3 is 2.71 bits per heavy atom. The zero-order valence-corrected chi connectivity index (χ0v) is 13.3. The second-order valence-electron chi connectivity index (χ2n) is 4.47. The van der Waals surface area contributed by atoms with Crippen LogP contribution in [0.4, 0.5) is 17.5 Å². The summed E-state index contributed by atoms with van der Waals surface area (Å²) < 4.78 is 0.797. The Balaban J connectivity index is 2.12. The number of nitrogens with zero attached hydrogens (tertiary/aromatic N) is 3. The molecule has 108 valence electrons. The molecule has 0 spiro atoms. The van der Waals surface area contributed by atoms with E-state index in [1.165, 1.54) is 0 Å². The Labute approximate surface area is 132 Å². The third-order valence-corrected chi connectivity index (χ3v) is 3.36. The van der Waals surface area contributed by atoms with Crippen molar-refractivity contribution in [2.45, 2.75) is 19.8 Å². The van der Waals surface area contributed by atoms with Gasteiger partial charge in [-0.25, -0.2) is 4.98 Å². The van der Waals surface area contributed by atoms with E-state index < -0.39 is 0 Å². The van der Waals surface area contributed by atoms with Crippen LogP contribution in [-0.2, 0) is 6.42 Å². The van der Waals surface area contributed by atoms with Gasteiger partial charge in [-0.1, -0.05) is 19.1 Å². The van der Waals surface area contributed by atoms with Crippen molar-refractivity contribution in [2.24, 2.45) is 0 Å². The minimum absolute atomic E-state index is 0.419. The molecule has 0 amide bonds. The predicted molar refractivity (Wildman–Crippen MR) is 87.6 cm³/mol. The average molecular weight is 346 g/mol. The van der Waals surface area contributed by atoms with Crippen LogP contribution in [0.15, 0.2) is 34.9 Å². The van der Waals surface area contributed by atoms with Crippen molar-refractivity contribution >= 4 is 33.4 Å². The molecule has 0 atom stereocenters. The summed E-state index contributed by atoms with van der Waals surface area (Å²) in [6, 6.07) is 9.85.